The Bertz CT molecular complexity index is 993. The third-order valence-electron chi connectivity index (χ3n) is 5.49. The highest BCUT2D eigenvalue weighted by atomic mass is 16.5. The van der Waals surface area contributed by atoms with Gasteiger partial charge in [0.15, 0.2) is 0 Å². The van der Waals surface area contributed by atoms with Crippen LogP contribution in [0.1, 0.15) is 66.2 Å². The fraction of sp³-hybridized carbons (Fsp3) is 0.609. The summed E-state index contributed by atoms with van der Waals surface area (Å²) in [6.45, 7) is 13.4. The van der Waals surface area contributed by atoms with Crippen LogP contribution in [0.5, 0.6) is 0 Å². The van der Waals surface area contributed by atoms with Gasteiger partial charge < -0.3 is 14.6 Å². The largest absolute Gasteiger partial charge is 0.459 e. The second-order valence-corrected chi connectivity index (χ2v) is 8.42. The summed E-state index contributed by atoms with van der Waals surface area (Å²) >= 11 is 0. The minimum Gasteiger partial charge on any atom is -0.459 e. The van der Waals surface area contributed by atoms with E-state index in [1.54, 1.807) is 13.8 Å². The van der Waals surface area contributed by atoms with Crippen molar-refractivity contribution in [3.8, 4) is 0 Å². The SMILES string of the molecule is C=C(C)C(=O)OC(CC)CC(CCCO)(CC(CC)OC(=O)C(=C)C)n1c(=O)[nH]c(=O)[nH]c1=O. The third kappa shape index (κ3) is 7.68. The van der Waals surface area contributed by atoms with Gasteiger partial charge in [0.2, 0.25) is 0 Å². The van der Waals surface area contributed by atoms with E-state index >= 15 is 0 Å². The van der Waals surface area contributed by atoms with Gasteiger partial charge in [-0.3, -0.25) is 9.97 Å². The molecular formula is C23H35N3O8. The predicted molar refractivity (Wildman–Crippen MR) is 125 cm³/mol. The van der Waals surface area contributed by atoms with Gasteiger partial charge in [-0.1, -0.05) is 27.0 Å². The molecule has 1 heterocycles. The standard InChI is InChI=1S/C23H35N3O8/c1-7-16(33-18(28)14(3)4)12-23(10-9-11-27,13-17(8-2)34-19(29)15(5)6)26-21(31)24-20(30)25-22(26)32/h16-17,27H,3,5,7-13H2,1-2,4,6H3,(H2,24,25,30,31,32). The smallest absolute Gasteiger partial charge is 0.334 e. The molecule has 1 aromatic rings. The minimum atomic E-state index is -1.37. The molecule has 1 rings (SSSR count). The molecular weight excluding hydrogens is 446 g/mol. The molecule has 0 fully saturated rings. The van der Waals surface area contributed by atoms with Gasteiger partial charge in [0, 0.05) is 30.6 Å². The molecule has 0 aliphatic heterocycles. The number of aromatic amines is 2. The first kappa shape index (κ1) is 28.8. The number of ether oxygens (including phenoxy) is 2. The zero-order valence-corrected chi connectivity index (χ0v) is 20.3. The molecule has 0 aliphatic rings. The Labute approximate surface area is 197 Å². The Morgan fingerprint density at radius 3 is 1.68 bits per heavy atom. The predicted octanol–water partition coefficient (Wildman–Crippen LogP) is 1.27. The molecule has 0 saturated carbocycles. The maximum absolute atomic E-state index is 12.9. The zero-order chi connectivity index (χ0) is 26.1. The molecule has 0 aliphatic carbocycles. The van der Waals surface area contributed by atoms with E-state index in [0.717, 1.165) is 4.57 Å². The van der Waals surface area contributed by atoms with E-state index in [2.05, 4.69) is 23.1 Å². The average molecular weight is 482 g/mol. The number of carbonyl (C=O) groups excluding carboxylic acids is 2. The van der Waals surface area contributed by atoms with E-state index in [4.69, 9.17) is 9.47 Å². The lowest BCUT2D eigenvalue weighted by molar-refractivity contribution is -0.148. The Balaban J connectivity index is 3.70. The van der Waals surface area contributed by atoms with Gasteiger partial charge in [0.1, 0.15) is 12.2 Å². The number of aromatic nitrogens is 3. The second-order valence-electron chi connectivity index (χ2n) is 8.42. The molecule has 2 unspecified atom stereocenters. The van der Waals surface area contributed by atoms with Crippen LogP contribution in [0.3, 0.4) is 0 Å². The lowest BCUT2D eigenvalue weighted by Gasteiger charge is -2.39. The van der Waals surface area contributed by atoms with Crippen LogP contribution in [0.2, 0.25) is 0 Å². The normalized spacial score (nSPS) is 14.5. The molecule has 11 nitrogen and oxygen atoms in total. The lowest BCUT2D eigenvalue weighted by atomic mass is 9.80. The van der Waals surface area contributed by atoms with Gasteiger partial charge in [0.05, 0.1) is 5.54 Å². The van der Waals surface area contributed by atoms with Gasteiger partial charge >= 0.3 is 29.0 Å². The number of H-pyrrole nitrogens is 2. The highest BCUT2D eigenvalue weighted by Gasteiger charge is 2.41. The Hall–Kier alpha value is -3.21. The van der Waals surface area contributed by atoms with Gasteiger partial charge in [0.25, 0.3) is 0 Å². The molecule has 3 N–H and O–H groups in total. The van der Waals surface area contributed by atoms with Crippen molar-refractivity contribution in [3.63, 3.8) is 0 Å². The Kier molecular flexibility index (Phi) is 10.9. The van der Waals surface area contributed by atoms with Crippen LogP contribution < -0.4 is 17.1 Å². The maximum Gasteiger partial charge on any atom is 0.334 e. The van der Waals surface area contributed by atoms with Gasteiger partial charge in [-0.2, -0.15) is 0 Å². The fourth-order valence-corrected chi connectivity index (χ4v) is 3.74. The van der Waals surface area contributed by atoms with Gasteiger partial charge in [-0.05, 0) is 39.5 Å². The van der Waals surface area contributed by atoms with Crippen molar-refractivity contribution in [1.29, 1.82) is 0 Å². The highest BCUT2D eigenvalue weighted by Crippen LogP contribution is 2.35. The number of carbonyl (C=O) groups is 2. The summed E-state index contributed by atoms with van der Waals surface area (Å²) in [5.74, 6) is -1.27. The van der Waals surface area contributed by atoms with Crippen molar-refractivity contribution in [2.45, 2.75) is 84.0 Å². The van der Waals surface area contributed by atoms with E-state index in [9.17, 15) is 29.1 Å². The molecule has 0 amide bonds. The van der Waals surface area contributed by atoms with Crippen LogP contribution in [0, 0.1) is 0 Å². The van der Waals surface area contributed by atoms with Crippen LogP contribution >= 0.6 is 0 Å². The molecule has 0 saturated heterocycles. The average Bonchev–Trinajstić information content (AvgIpc) is 2.75. The molecule has 0 aromatic carbocycles. The van der Waals surface area contributed by atoms with Crippen molar-refractivity contribution in [2.75, 3.05) is 6.61 Å². The number of nitrogens with one attached hydrogen (secondary N) is 2. The summed E-state index contributed by atoms with van der Waals surface area (Å²) in [6.07, 6.45) is -0.541. The van der Waals surface area contributed by atoms with Crippen molar-refractivity contribution in [1.82, 2.24) is 14.5 Å². The highest BCUT2D eigenvalue weighted by molar-refractivity contribution is 5.87. The van der Waals surface area contributed by atoms with Crippen molar-refractivity contribution in [2.24, 2.45) is 0 Å². The maximum atomic E-state index is 12.9. The van der Waals surface area contributed by atoms with Crippen LogP contribution in [-0.2, 0) is 24.6 Å². The van der Waals surface area contributed by atoms with E-state index in [-0.39, 0.29) is 43.4 Å². The summed E-state index contributed by atoms with van der Waals surface area (Å²) in [7, 11) is 0. The van der Waals surface area contributed by atoms with E-state index in [1.807, 2.05) is 0 Å². The molecule has 0 radical (unpaired) electrons. The third-order valence-corrected chi connectivity index (χ3v) is 5.49. The summed E-state index contributed by atoms with van der Waals surface area (Å²) in [5, 5.41) is 9.55. The molecule has 0 bridgehead atoms. The molecule has 1 aromatic heterocycles. The van der Waals surface area contributed by atoms with Gasteiger partial charge in [-0.25, -0.2) is 28.5 Å². The van der Waals surface area contributed by atoms with Crippen LogP contribution in [0.15, 0.2) is 38.7 Å². The van der Waals surface area contributed by atoms with E-state index in [0.29, 0.717) is 12.8 Å². The topological polar surface area (TPSA) is 161 Å². The van der Waals surface area contributed by atoms with Crippen molar-refractivity contribution < 1.29 is 24.2 Å². The molecule has 190 valence electrons. The lowest BCUT2D eigenvalue weighted by Crippen LogP contribution is -2.56. The summed E-state index contributed by atoms with van der Waals surface area (Å²) in [4.78, 5) is 65.9. The molecule has 34 heavy (non-hydrogen) atoms. The van der Waals surface area contributed by atoms with E-state index in [1.165, 1.54) is 13.8 Å². The number of hydrogen-bond acceptors (Lipinski definition) is 8. The summed E-state index contributed by atoms with van der Waals surface area (Å²) in [6, 6.07) is 0. The quantitative estimate of drug-likeness (QED) is 0.264. The first-order valence-corrected chi connectivity index (χ1v) is 11.2. The number of rotatable bonds is 14. The number of hydrogen-bond donors (Lipinski definition) is 3. The zero-order valence-electron chi connectivity index (χ0n) is 20.3. The first-order valence-electron chi connectivity index (χ1n) is 11.2. The molecule has 0 spiro atoms. The Morgan fingerprint density at radius 1 is 0.941 bits per heavy atom. The summed E-state index contributed by atoms with van der Waals surface area (Å²) in [5.41, 5.74) is -3.91. The Morgan fingerprint density at radius 2 is 1.35 bits per heavy atom. The van der Waals surface area contributed by atoms with Crippen LogP contribution in [0.4, 0.5) is 0 Å². The van der Waals surface area contributed by atoms with Crippen LogP contribution in [-0.4, -0.2) is 50.4 Å². The number of aliphatic hydroxyl groups excluding tert-OH is 1. The van der Waals surface area contributed by atoms with E-state index < -0.39 is 46.8 Å². The summed E-state index contributed by atoms with van der Waals surface area (Å²) < 4.78 is 11.9. The first-order chi connectivity index (χ1) is 15.9. The molecule has 11 heteroatoms. The van der Waals surface area contributed by atoms with Gasteiger partial charge in [-0.15, -0.1) is 0 Å². The number of esters is 2. The monoisotopic (exact) mass is 481 g/mol. The fourth-order valence-electron chi connectivity index (χ4n) is 3.74. The number of nitrogens with zero attached hydrogens (tertiary/aromatic N) is 1. The van der Waals surface area contributed by atoms with Crippen molar-refractivity contribution in [3.05, 3.63) is 55.8 Å². The number of aliphatic hydroxyl groups is 1. The minimum absolute atomic E-state index is 0.0152. The second kappa shape index (κ2) is 12.9. The van der Waals surface area contributed by atoms with Crippen LogP contribution in [0.25, 0.3) is 0 Å². The van der Waals surface area contributed by atoms with Crippen molar-refractivity contribution >= 4 is 11.9 Å². The molecule has 2 atom stereocenters.